The number of hydrogen-bond donors (Lipinski definition) is 2. The topological polar surface area (TPSA) is 155 Å². The van der Waals surface area contributed by atoms with Crippen molar-refractivity contribution in [2.45, 2.75) is 75.5 Å². The minimum absolute atomic E-state index is 0.00207. The second kappa shape index (κ2) is 16.6. The molecule has 10 rings (SSSR count). The van der Waals surface area contributed by atoms with Gasteiger partial charge in [0.05, 0.1) is 49.1 Å². The number of morpholine rings is 1. The van der Waals surface area contributed by atoms with Gasteiger partial charge in [-0.1, -0.05) is 24.0 Å². The van der Waals surface area contributed by atoms with Crippen LogP contribution in [-0.4, -0.2) is 121 Å². The summed E-state index contributed by atoms with van der Waals surface area (Å²) in [5.74, 6) is 6.46. The van der Waals surface area contributed by atoms with E-state index in [1.807, 2.05) is 24.3 Å². The molecule has 1 unspecified atom stereocenters. The number of pyridine rings is 1. The molecule has 4 aromatic heterocycles. The standard InChI is InChI=1S/C44H47F2N11O4/c45-41(46)40-37(49-44(60)36-22-48-56-14-12-38(50-42(36)56)55-24-31-19-30(55)26-61-31)25-57(52-40)29-8-6-27(7-9-29)23-54-17-15-53(16-18-54)13-2-4-28-3-1-5-32-34(28)20-47-21-35(32)33-10-11-39(58)51-43(33)59/h1,3,5,12,14,20-22,25,27,29-31,33,41H,6-11,13,15-19,23-24,26H2,(H,49,60)(H,51,58,59)/t27?,29?,30-,31-,33?/m1/s1. The van der Waals surface area contributed by atoms with Gasteiger partial charge in [0.1, 0.15) is 11.4 Å². The van der Waals surface area contributed by atoms with E-state index < -0.39 is 23.9 Å². The molecule has 4 saturated heterocycles. The number of ether oxygens (including phenoxy) is 1. The van der Waals surface area contributed by atoms with Gasteiger partial charge in [-0.25, -0.2) is 18.3 Å². The molecule has 17 heteroatoms. The maximum atomic E-state index is 14.3. The molecule has 316 valence electrons. The molecule has 1 saturated carbocycles. The van der Waals surface area contributed by atoms with Crippen molar-refractivity contribution >= 4 is 45.6 Å². The average Bonchev–Trinajstić information content (AvgIpc) is 4.09. The highest BCUT2D eigenvalue weighted by atomic mass is 19.3. The van der Waals surface area contributed by atoms with E-state index in [9.17, 15) is 23.2 Å². The quantitative estimate of drug-likeness (QED) is 0.159. The summed E-state index contributed by atoms with van der Waals surface area (Å²) in [5.41, 5.74) is 1.81. The fourth-order valence-corrected chi connectivity index (χ4v) is 9.83. The predicted molar refractivity (Wildman–Crippen MR) is 221 cm³/mol. The van der Waals surface area contributed by atoms with Crippen molar-refractivity contribution in [3.8, 4) is 11.8 Å². The Morgan fingerprint density at radius 2 is 1.82 bits per heavy atom. The van der Waals surface area contributed by atoms with Crippen molar-refractivity contribution in [2.75, 3.05) is 62.6 Å². The first kappa shape index (κ1) is 39.3. The number of alkyl halides is 2. The lowest BCUT2D eigenvalue weighted by Gasteiger charge is -2.37. The van der Waals surface area contributed by atoms with Gasteiger partial charge >= 0.3 is 0 Å². The number of carbonyl (C=O) groups is 3. The summed E-state index contributed by atoms with van der Waals surface area (Å²) in [6.07, 6.45) is 10.9. The van der Waals surface area contributed by atoms with Gasteiger partial charge in [-0.05, 0) is 67.5 Å². The van der Waals surface area contributed by atoms with Crippen molar-refractivity contribution in [2.24, 2.45) is 5.92 Å². The maximum Gasteiger partial charge on any atom is 0.284 e. The molecule has 1 aliphatic carbocycles. The van der Waals surface area contributed by atoms with E-state index >= 15 is 0 Å². The van der Waals surface area contributed by atoms with E-state index in [1.165, 1.54) is 10.7 Å². The molecule has 2 bridgehead atoms. The number of fused-ring (bicyclic) bond motifs is 4. The summed E-state index contributed by atoms with van der Waals surface area (Å²) in [5, 5.41) is 15.6. The van der Waals surface area contributed by atoms with Crippen molar-refractivity contribution in [1.29, 1.82) is 0 Å². The fraction of sp³-hybridized carbons (Fsp3) is 0.477. The van der Waals surface area contributed by atoms with E-state index in [1.54, 1.807) is 29.5 Å². The molecule has 0 radical (unpaired) electrons. The van der Waals surface area contributed by atoms with E-state index in [2.05, 4.69) is 52.4 Å². The summed E-state index contributed by atoms with van der Waals surface area (Å²) in [6.45, 7) is 6.77. The number of nitrogens with one attached hydrogen (secondary N) is 2. The fourth-order valence-electron chi connectivity index (χ4n) is 9.83. The molecule has 5 aromatic rings. The third-order valence-corrected chi connectivity index (χ3v) is 13.2. The molecule has 3 amide bonds. The lowest BCUT2D eigenvalue weighted by molar-refractivity contribution is -0.134. The molecule has 8 heterocycles. The Hall–Kier alpha value is -5.83. The van der Waals surface area contributed by atoms with Crippen LogP contribution in [0.4, 0.5) is 20.3 Å². The molecule has 0 spiro atoms. The monoisotopic (exact) mass is 831 g/mol. The molecule has 61 heavy (non-hydrogen) atoms. The number of piperidine rings is 1. The van der Waals surface area contributed by atoms with Crippen LogP contribution in [0.1, 0.15) is 90.5 Å². The van der Waals surface area contributed by atoms with Gasteiger partial charge in [0.15, 0.2) is 11.3 Å². The Balaban J connectivity index is 0.712. The third kappa shape index (κ3) is 7.95. The summed E-state index contributed by atoms with van der Waals surface area (Å²) >= 11 is 0. The molecule has 1 aromatic carbocycles. The van der Waals surface area contributed by atoms with E-state index in [0.29, 0.717) is 37.6 Å². The van der Waals surface area contributed by atoms with Crippen molar-refractivity contribution in [3.05, 3.63) is 77.6 Å². The Labute approximate surface area is 350 Å². The number of nitrogens with zero attached hydrogens (tertiary/aromatic N) is 9. The van der Waals surface area contributed by atoms with Crippen molar-refractivity contribution in [1.82, 2.24) is 44.5 Å². The summed E-state index contributed by atoms with van der Waals surface area (Å²) < 4.78 is 37.4. The van der Waals surface area contributed by atoms with Gasteiger partial charge in [-0.2, -0.15) is 10.2 Å². The second-order valence-corrected chi connectivity index (χ2v) is 17.0. The minimum Gasteiger partial charge on any atom is -0.374 e. The summed E-state index contributed by atoms with van der Waals surface area (Å²) in [6, 6.07) is 8.00. The van der Waals surface area contributed by atoms with Gasteiger partial charge < -0.3 is 19.9 Å². The molecule has 4 aliphatic heterocycles. The number of anilines is 2. The summed E-state index contributed by atoms with van der Waals surface area (Å²) in [4.78, 5) is 54.1. The van der Waals surface area contributed by atoms with Crippen LogP contribution < -0.4 is 15.5 Å². The van der Waals surface area contributed by atoms with Crippen LogP contribution in [0.25, 0.3) is 16.4 Å². The highest BCUT2D eigenvalue weighted by Gasteiger charge is 2.40. The first-order chi connectivity index (χ1) is 29.7. The zero-order valence-corrected chi connectivity index (χ0v) is 33.7. The highest BCUT2D eigenvalue weighted by molar-refractivity contribution is 6.08. The number of hydrogen-bond acceptors (Lipinski definition) is 11. The molecule has 2 N–H and O–H groups in total. The van der Waals surface area contributed by atoms with Gasteiger partial charge in [0.2, 0.25) is 11.8 Å². The highest BCUT2D eigenvalue weighted by Crippen LogP contribution is 2.37. The molecule has 5 fully saturated rings. The first-order valence-electron chi connectivity index (χ1n) is 21.3. The van der Waals surface area contributed by atoms with E-state index in [0.717, 1.165) is 99.1 Å². The van der Waals surface area contributed by atoms with E-state index in [4.69, 9.17) is 9.72 Å². The van der Waals surface area contributed by atoms with Crippen LogP contribution in [-0.2, 0) is 14.3 Å². The number of aromatic nitrogens is 6. The molecule has 5 aliphatic rings. The lowest BCUT2D eigenvalue weighted by Crippen LogP contribution is -2.48. The van der Waals surface area contributed by atoms with Crippen molar-refractivity contribution in [3.63, 3.8) is 0 Å². The number of imide groups is 1. The molecule has 15 nitrogen and oxygen atoms in total. The zero-order chi connectivity index (χ0) is 41.6. The second-order valence-electron chi connectivity index (χ2n) is 17.0. The average molecular weight is 832 g/mol. The van der Waals surface area contributed by atoms with Crippen LogP contribution in [0.15, 0.2) is 55.2 Å². The smallest absolute Gasteiger partial charge is 0.284 e. The molecular formula is C44H47F2N11O4. The Morgan fingerprint density at radius 1 is 0.984 bits per heavy atom. The number of carbonyl (C=O) groups excluding carboxylic acids is 3. The van der Waals surface area contributed by atoms with Crippen LogP contribution in [0.3, 0.4) is 0 Å². The maximum absolute atomic E-state index is 14.3. The number of benzene rings is 1. The van der Waals surface area contributed by atoms with Crippen LogP contribution in [0.2, 0.25) is 0 Å². The van der Waals surface area contributed by atoms with Gasteiger partial charge in [0, 0.05) is 81.4 Å². The van der Waals surface area contributed by atoms with Gasteiger partial charge in [0.25, 0.3) is 12.3 Å². The van der Waals surface area contributed by atoms with Crippen LogP contribution in [0, 0.1) is 17.8 Å². The Bertz CT molecular complexity index is 2550. The lowest BCUT2D eigenvalue weighted by atomic mass is 9.85. The number of amides is 3. The number of rotatable bonds is 9. The third-order valence-electron chi connectivity index (χ3n) is 13.2. The SMILES string of the molecule is O=C1CCC(c2cncc3c(C#CCN4CCN(CC5CCC(n6cc(NC(=O)c7cnn8ccc(N9C[C@H]%10C[C@@H]9CO%10)nc78)c(C(F)F)n6)CC5)CC4)cccc23)C(=O)N1. The Morgan fingerprint density at radius 3 is 2.59 bits per heavy atom. The normalized spacial score (nSPS) is 24.7. The van der Waals surface area contributed by atoms with Crippen LogP contribution >= 0.6 is 0 Å². The number of piperazine rings is 1. The molecule has 3 atom stereocenters. The first-order valence-corrected chi connectivity index (χ1v) is 21.3. The van der Waals surface area contributed by atoms with Crippen molar-refractivity contribution < 1.29 is 27.9 Å². The molecular weight excluding hydrogens is 785 g/mol. The van der Waals surface area contributed by atoms with Gasteiger partial charge in [-0.3, -0.25) is 34.3 Å². The minimum atomic E-state index is -2.85. The Kier molecular flexibility index (Phi) is 10.7. The van der Waals surface area contributed by atoms with E-state index in [-0.39, 0.29) is 41.3 Å². The van der Waals surface area contributed by atoms with Gasteiger partial charge in [-0.15, -0.1) is 0 Å². The number of halogens is 2. The summed E-state index contributed by atoms with van der Waals surface area (Å²) in [7, 11) is 0. The van der Waals surface area contributed by atoms with Crippen LogP contribution in [0.5, 0.6) is 0 Å². The zero-order valence-electron chi connectivity index (χ0n) is 33.7. The largest absolute Gasteiger partial charge is 0.374 e. The predicted octanol–water partition coefficient (Wildman–Crippen LogP) is 4.56.